The normalized spacial score (nSPS) is 18.1. The van der Waals surface area contributed by atoms with Crippen LogP contribution in [0.25, 0.3) is 5.20 Å². The molecule has 1 aliphatic heterocycles. The summed E-state index contributed by atoms with van der Waals surface area (Å²) in [6.45, 7) is 13.6. The van der Waals surface area contributed by atoms with Crippen LogP contribution in [0, 0.1) is 6.92 Å². The van der Waals surface area contributed by atoms with Crippen molar-refractivity contribution in [1.29, 1.82) is 0 Å². The molecule has 1 aromatic carbocycles. The second-order valence-corrected chi connectivity index (χ2v) is 11.6. The van der Waals surface area contributed by atoms with E-state index in [0.29, 0.717) is 0 Å². The van der Waals surface area contributed by atoms with Gasteiger partial charge in [-0.25, -0.2) is 0 Å². The van der Waals surface area contributed by atoms with E-state index in [1.807, 2.05) is 0 Å². The van der Waals surface area contributed by atoms with Crippen LogP contribution in [0.5, 0.6) is 5.75 Å². The van der Waals surface area contributed by atoms with Crippen molar-refractivity contribution >= 4 is 13.3 Å². The van der Waals surface area contributed by atoms with E-state index in [2.05, 4.69) is 64.7 Å². The third kappa shape index (κ3) is 2.47. The summed E-state index contributed by atoms with van der Waals surface area (Å²) in [5.41, 5.74) is 2.43. The van der Waals surface area contributed by atoms with E-state index in [-0.39, 0.29) is 5.60 Å². The Labute approximate surface area is 106 Å². The minimum absolute atomic E-state index is 0.183. The van der Waals surface area contributed by atoms with Gasteiger partial charge in [-0.15, -0.1) is 0 Å². The van der Waals surface area contributed by atoms with Crippen LogP contribution in [0.1, 0.15) is 25.0 Å². The van der Waals surface area contributed by atoms with Crippen LogP contribution in [0.3, 0.4) is 0 Å². The Hall–Kier alpha value is -1.02. The molecular formula is C15H22OSi. The topological polar surface area (TPSA) is 9.23 Å². The van der Waals surface area contributed by atoms with E-state index >= 15 is 0 Å². The average Bonchev–Trinajstić information content (AvgIpc) is 2.15. The second kappa shape index (κ2) is 3.74. The molecule has 0 amide bonds. The van der Waals surface area contributed by atoms with Gasteiger partial charge in [-0.05, 0) is 44.2 Å². The van der Waals surface area contributed by atoms with E-state index in [1.54, 1.807) is 0 Å². The molecule has 0 N–H and O–H groups in total. The molecule has 2 rings (SSSR count). The predicted molar refractivity (Wildman–Crippen MR) is 77.2 cm³/mol. The minimum atomic E-state index is -1.34. The van der Waals surface area contributed by atoms with Crippen molar-refractivity contribution in [2.45, 2.75) is 46.0 Å². The Morgan fingerprint density at radius 1 is 1.12 bits per heavy atom. The number of rotatable bonds is 1. The molecule has 0 unspecified atom stereocenters. The van der Waals surface area contributed by atoms with E-state index < -0.39 is 8.07 Å². The number of ether oxygens (including phenoxy) is 1. The third-order valence-corrected chi connectivity index (χ3v) is 5.13. The van der Waals surface area contributed by atoms with Crippen LogP contribution in [-0.4, -0.2) is 13.7 Å². The Kier molecular flexibility index (Phi) is 2.73. The van der Waals surface area contributed by atoms with Crippen LogP contribution in [0.2, 0.25) is 19.6 Å². The molecule has 0 aromatic heterocycles. The summed E-state index contributed by atoms with van der Waals surface area (Å²) < 4.78 is 6.05. The van der Waals surface area contributed by atoms with Gasteiger partial charge in [0.15, 0.2) is 0 Å². The van der Waals surface area contributed by atoms with Gasteiger partial charge in [0.1, 0.15) is 11.4 Å². The van der Waals surface area contributed by atoms with Crippen molar-refractivity contribution in [3.05, 3.63) is 35.4 Å². The first kappa shape index (κ1) is 12.4. The number of hydrogen-bond donors (Lipinski definition) is 0. The maximum absolute atomic E-state index is 6.05. The number of hydrogen-bond acceptors (Lipinski definition) is 1. The Morgan fingerprint density at radius 3 is 2.35 bits per heavy atom. The zero-order chi connectivity index (χ0) is 12.8. The van der Waals surface area contributed by atoms with Gasteiger partial charge >= 0.3 is 0 Å². The van der Waals surface area contributed by atoms with E-state index in [1.165, 1.54) is 16.3 Å². The molecule has 1 aliphatic rings. The van der Waals surface area contributed by atoms with E-state index in [4.69, 9.17) is 4.74 Å². The average molecular weight is 246 g/mol. The van der Waals surface area contributed by atoms with Crippen LogP contribution in [0.4, 0.5) is 0 Å². The molecule has 0 aliphatic carbocycles. The zero-order valence-corrected chi connectivity index (χ0v) is 12.7. The number of aryl methyl sites for hydroxylation is 1. The van der Waals surface area contributed by atoms with Gasteiger partial charge in [0.25, 0.3) is 0 Å². The van der Waals surface area contributed by atoms with Gasteiger partial charge in [0.2, 0.25) is 0 Å². The van der Waals surface area contributed by atoms with E-state index in [0.717, 1.165) is 5.75 Å². The predicted octanol–water partition coefficient (Wildman–Crippen LogP) is 4.43. The molecule has 0 atom stereocenters. The van der Waals surface area contributed by atoms with Crippen LogP contribution < -0.4 is 4.74 Å². The first-order valence-electron chi connectivity index (χ1n) is 6.22. The standard InChI is InChI=1S/C15H22OSi/c1-11-7-8-13-12(9-11)14(17(4,5)6)10-15(2,3)16-13/h7-10H,1-6H3. The quantitative estimate of drug-likeness (QED) is 0.666. The fourth-order valence-corrected chi connectivity index (χ4v) is 4.09. The highest BCUT2D eigenvalue weighted by molar-refractivity contribution is 6.93. The van der Waals surface area contributed by atoms with Gasteiger partial charge in [0.05, 0.1) is 8.07 Å². The van der Waals surface area contributed by atoms with Gasteiger partial charge in [-0.2, -0.15) is 0 Å². The SMILES string of the molecule is Cc1ccc2c(c1)C([Si](C)(C)C)=CC(C)(C)O2. The van der Waals surface area contributed by atoms with Gasteiger partial charge in [0, 0.05) is 5.56 Å². The minimum Gasteiger partial charge on any atom is -0.483 e. The summed E-state index contributed by atoms with van der Waals surface area (Å²) in [5, 5.41) is 1.52. The maximum atomic E-state index is 6.05. The summed E-state index contributed by atoms with van der Waals surface area (Å²) in [6.07, 6.45) is 2.32. The Balaban J connectivity index is 2.64. The number of benzene rings is 1. The Morgan fingerprint density at radius 2 is 1.76 bits per heavy atom. The molecule has 0 bridgehead atoms. The van der Waals surface area contributed by atoms with Crippen molar-refractivity contribution in [3.63, 3.8) is 0 Å². The Bertz CT molecular complexity index is 478. The van der Waals surface area contributed by atoms with Gasteiger partial charge in [-0.3, -0.25) is 0 Å². The maximum Gasteiger partial charge on any atom is 0.127 e. The molecule has 17 heavy (non-hydrogen) atoms. The molecule has 0 radical (unpaired) electrons. The summed E-state index contributed by atoms with van der Waals surface area (Å²) in [6, 6.07) is 6.50. The lowest BCUT2D eigenvalue weighted by molar-refractivity contribution is 0.158. The number of fused-ring (bicyclic) bond motifs is 1. The molecule has 0 saturated heterocycles. The highest BCUT2D eigenvalue weighted by atomic mass is 28.3. The molecule has 1 nitrogen and oxygen atoms in total. The van der Waals surface area contributed by atoms with Crippen LogP contribution in [0.15, 0.2) is 24.3 Å². The van der Waals surface area contributed by atoms with Crippen molar-refractivity contribution < 1.29 is 4.74 Å². The highest BCUT2D eigenvalue weighted by Crippen LogP contribution is 2.40. The molecular weight excluding hydrogens is 224 g/mol. The van der Waals surface area contributed by atoms with Crippen molar-refractivity contribution in [2.24, 2.45) is 0 Å². The van der Waals surface area contributed by atoms with Gasteiger partial charge < -0.3 is 4.74 Å². The summed E-state index contributed by atoms with van der Waals surface area (Å²) in [4.78, 5) is 0. The highest BCUT2D eigenvalue weighted by Gasteiger charge is 2.32. The smallest absolute Gasteiger partial charge is 0.127 e. The first-order valence-corrected chi connectivity index (χ1v) is 9.72. The second-order valence-electron chi connectivity index (χ2n) is 6.51. The molecule has 2 heteroatoms. The van der Waals surface area contributed by atoms with Crippen LogP contribution in [-0.2, 0) is 0 Å². The van der Waals surface area contributed by atoms with Crippen molar-refractivity contribution in [3.8, 4) is 5.75 Å². The summed E-state index contributed by atoms with van der Waals surface area (Å²) >= 11 is 0. The fourth-order valence-electron chi connectivity index (χ4n) is 2.30. The fraction of sp³-hybridized carbons (Fsp3) is 0.467. The van der Waals surface area contributed by atoms with Gasteiger partial charge in [-0.1, -0.05) is 31.3 Å². The molecule has 1 heterocycles. The van der Waals surface area contributed by atoms with Crippen molar-refractivity contribution in [1.82, 2.24) is 0 Å². The molecule has 1 aromatic rings. The molecule has 0 saturated carbocycles. The van der Waals surface area contributed by atoms with Crippen LogP contribution >= 0.6 is 0 Å². The molecule has 0 fully saturated rings. The van der Waals surface area contributed by atoms with Crippen molar-refractivity contribution in [2.75, 3.05) is 0 Å². The molecule has 0 spiro atoms. The monoisotopic (exact) mass is 246 g/mol. The first-order chi connectivity index (χ1) is 7.69. The lowest BCUT2D eigenvalue weighted by Gasteiger charge is -2.35. The molecule has 92 valence electrons. The lowest BCUT2D eigenvalue weighted by Crippen LogP contribution is -2.34. The third-order valence-electron chi connectivity index (χ3n) is 3.10. The lowest BCUT2D eigenvalue weighted by atomic mass is 10.0. The van der Waals surface area contributed by atoms with E-state index in [9.17, 15) is 0 Å². The summed E-state index contributed by atoms with van der Waals surface area (Å²) in [7, 11) is -1.34. The zero-order valence-electron chi connectivity index (χ0n) is 11.7. The summed E-state index contributed by atoms with van der Waals surface area (Å²) in [5.74, 6) is 1.04. The largest absolute Gasteiger partial charge is 0.483 e.